The van der Waals surface area contributed by atoms with Gasteiger partial charge in [-0.1, -0.05) is 16.3 Å². The van der Waals surface area contributed by atoms with Gasteiger partial charge in [0.05, 0.1) is 21.6 Å². The first-order valence-corrected chi connectivity index (χ1v) is 5.25. The normalized spacial score (nSPS) is 10.4. The highest BCUT2D eigenvalue weighted by atomic mass is 35.5. The van der Waals surface area contributed by atoms with E-state index in [1.54, 1.807) is 0 Å². The fraction of sp³-hybridized carbons (Fsp3) is 0. The number of carbonyl (C=O) groups excluding carboxylic acids is 1. The molecule has 0 bridgehead atoms. The zero-order valence-corrected chi connectivity index (χ0v) is 9.96. The smallest absolute Gasteiger partial charge is 0.296 e. The molecule has 0 atom stereocenters. The number of carbonyl (C=O) groups is 1. The first kappa shape index (κ1) is 12.8. The Balaban J connectivity index is 2.55. The van der Waals surface area contributed by atoms with Gasteiger partial charge in [0.25, 0.3) is 17.2 Å². The third-order valence-corrected chi connectivity index (χ3v) is 2.57. The third-order valence-electron chi connectivity index (χ3n) is 2.24. The number of benzene rings is 1. The summed E-state index contributed by atoms with van der Waals surface area (Å²) in [6.07, 6.45) is 0. The van der Waals surface area contributed by atoms with Crippen LogP contribution in [0.3, 0.4) is 0 Å². The Bertz CT molecular complexity index is 733. The van der Waals surface area contributed by atoms with Gasteiger partial charge in [-0.3, -0.25) is 19.7 Å². The lowest BCUT2D eigenvalue weighted by molar-refractivity contribution is -0.384. The molecule has 1 aromatic carbocycles. The van der Waals surface area contributed by atoms with Crippen LogP contribution >= 0.6 is 11.6 Å². The number of nitrogen functional groups attached to an aromatic ring is 1. The van der Waals surface area contributed by atoms with Gasteiger partial charge in [-0.05, 0) is 6.07 Å². The molecule has 0 fully saturated rings. The van der Waals surface area contributed by atoms with Crippen molar-refractivity contribution >= 4 is 29.1 Å². The molecular weight excluding hydrogens is 278 g/mol. The Hall–Kier alpha value is -2.61. The summed E-state index contributed by atoms with van der Waals surface area (Å²) < 4.78 is 5.07. The highest BCUT2D eigenvalue weighted by Crippen LogP contribution is 2.22. The van der Waals surface area contributed by atoms with Crippen molar-refractivity contribution in [2.75, 3.05) is 5.73 Å². The van der Waals surface area contributed by atoms with E-state index in [2.05, 4.69) is 4.52 Å². The van der Waals surface area contributed by atoms with Gasteiger partial charge in [-0.15, -0.1) is 0 Å². The average Bonchev–Trinajstić information content (AvgIpc) is 2.68. The number of nitro benzene ring substituents is 1. The minimum atomic E-state index is -0.935. The minimum Gasteiger partial charge on any atom is -0.368 e. The third kappa shape index (κ3) is 2.33. The molecule has 8 nitrogen and oxygen atoms in total. The second-order valence-electron chi connectivity index (χ2n) is 3.50. The van der Waals surface area contributed by atoms with Gasteiger partial charge in [-0.2, -0.15) is 0 Å². The van der Waals surface area contributed by atoms with Crippen LogP contribution in [0, 0.1) is 10.1 Å². The topological polar surface area (TPSA) is 121 Å². The first-order valence-electron chi connectivity index (χ1n) is 4.87. The van der Waals surface area contributed by atoms with E-state index in [1.165, 1.54) is 6.07 Å². The van der Waals surface area contributed by atoms with Crippen LogP contribution in [0.4, 0.5) is 11.6 Å². The molecule has 0 spiro atoms. The van der Waals surface area contributed by atoms with Gasteiger partial charge < -0.3 is 10.3 Å². The summed E-state index contributed by atoms with van der Waals surface area (Å²) in [5.41, 5.74) is 3.88. The molecule has 9 heteroatoms. The van der Waals surface area contributed by atoms with E-state index < -0.39 is 16.4 Å². The molecule has 0 unspecified atom stereocenters. The predicted molar refractivity (Wildman–Crippen MR) is 65.2 cm³/mol. The summed E-state index contributed by atoms with van der Waals surface area (Å²) in [7, 11) is 0. The lowest BCUT2D eigenvalue weighted by Crippen LogP contribution is -2.22. The lowest BCUT2D eigenvalue weighted by Gasteiger charge is -2.02. The molecule has 2 N–H and O–H groups in total. The molecule has 0 amide bonds. The summed E-state index contributed by atoms with van der Waals surface area (Å²) in [5.74, 6) is -1.18. The fourth-order valence-corrected chi connectivity index (χ4v) is 1.60. The number of aromatic nitrogens is 1. The van der Waals surface area contributed by atoms with Crippen LogP contribution in [0.5, 0.6) is 0 Å². The molecule has 2 aromatic rings. The minimum absolute atomic E-state index is 0.0440. The molecular formula is C10H6ClN3O5. The molecule has 1 aromatic heterocycles. The molecule has 0 radical (unpaired) electrons. The number of nitrogens with two attached hydrogens (primary N) is 1. The van der Waals surface area contributed by atoms with Gasteiger partial charge in [0.15, 0.2) is 0 Å². The SMILES string of the molecule is Nc1cc(=O)n(C(=O)c2cc([N+](=O)[O-])ccc2Cl)o1. The maximum Gasteiger partial charge on any atom is 0.296 e. The lowest BCUT2D eigenvalue weighted by atomic mass is 10.2. The van der Waals surface area contributed by atoms with Gasteiger partial charge >= 0.3 is 0 Å². The number of anilines is 1. The van der Waals surface area contributed by atoms with Gasteiger partial charge in [-0.25, -0.2) is 0 Å². The Morgan fingerprint density at radius 2 is 2.11 bits per heavy atom. The molecule has 2 rings (SSSR count). The van der Waals surface area contributed by atoms with Crippen LogP contribution < -0.4 is 11.3 Å². The van der Waals surface area contributed by atoms with Crippen LogP contribution in [0.25, 0.3) is 0 Å². The number of hydrogen-bond donors (Lipinski definition) is 1. The molecule has 19 heavy (non-hydrogen) atoms. The molecule has 0 saturated heterocycles. The maximum atomic E-state index is 12.0. The molecule has 98 valence electrons. The van der Waals surface area contributed by atoms with E-state index in [4.69, 9.17) is 17.3 Å². The van der Waals surface area contributed by atoms with Gasteiger partial charge in [0.2, 0.25) is 5.88 Å². The Kier molecular flexibility index (Phi) is 3.09. The highest BCUT2D eigenvalue weighted by molar-refractivity contribution is 6.34. The number of hydrogen-bond acceptors (Lipinski definition) is 6. The van der Waals surface area contributed by atoms with E-state index >= 15 is 0 Å². The van der Waals surface area contributed by atoms with Crippen LogP contribution in [0.15, 0.2) is 33.6 Å². The van der Waals surface area contributed by atoms with E-state index in [1.807, 2.05) is 0 Å². The monoisotopic (exact) mass is 283 g/mol. The van der Waals surface area contributed by atoms with Crippen molar-refractivity contribution in [3.8, 4) is 0 Å². The van der Waals surface area contributed by atoms with Gasteiger partial charge in [0, 0.05) is 12.1 Å². The Morgan fingerprint density at radius 1 is 1.42 bits per heavy atom. The Labute approximate surface area is 110 Å². The quantitative estimate of drug-likeness (QED) is 0.654. The number of nitrogens with zero attached hydrogens (tertiary/aromatic N) is 2. The van der Waals surface area contributed by atoms with Crippen molar-refractivity contribution in [1.82, 2.24) is 4.74 Å². The zero-order valence-electron chi connectivity index (χ0n) is 9.20. The van der Waals surface area contributed by atoms with Crippen molar-refractivity contribution in [2.45, 2.75) is 0 Å². The van der Waals surface area contributed by atoms with E-state index in [-0.39, 0.29) is 22.2 Å². The number of rotatable bonds is 2. The summed E-state index contributed by atoms with van der Waals surface area (Å²) in [4.78, 5) is 33.3. The van der Waals surface area contributed by atoms with Crippen LogP contribution in [-0.2, 0) is 0 Å². The molecule has 1 heterocycles. The average molecular weight is 284 g/mol. The van der Waals surface area contributed by atoms with E-state index in [0.717, 1.165) is 18.2 Å². The highest BCUT2D eigenvalue weighted by Gasteiger charge is 2.20. The van der Waals surface area contributed by atoms with Gasteiger partial charge in [0.1, 0.15) is 0 Å². The second kappa shape index (κ2) is 4.58. The summed E-state index contributed by atoms with van der Waals surface area (Å²) in [6, 6.07) is 4.18. The standard InChI is InChI=1S/C10H6ClN3O5/c11-7-2-1-5(14(17)18)3-6(7)10(16)13-9(15)4-8(12)19-13/h1-4H,12H2. The number of halogens is 1. The number of non-ortho nitro benzene ring substituents is 1. The van der Waals surface area contributed by atoms with Crippen LogP contribution in [0.1, 0.15) is 10.4 Å². The largest absolute Gasteiger partial charge is 0.368 e. The van der Waals surface area contributed by atoms with Crippen LogP contribution in [-0.4, -0.2) is 15.6 Å². The summed E-state index contributed by atoms with van der Waals surface area (Å²) in [5, 5.41) is 10.6. The van der Waals surface area contributed by atoms with E-state index in [9.17, 15) is 19.7 Å². The number of nitro groups is 1. The molecule has 0 aliphatic rings. The molecule has 0 saturated carbocycles. The van der Waals surface area contributed by atoms with Crippen LogP contribution in [0.2, 0.25) is 5.02 Å². The first-order chi connectivity index (χ1) is 8.90. The maximum absolute atomic E-state index is 12.0. The van der Waals surface area contributed by atoms with Crippen molar-refractivity contribution in [1.29, 1.82) is 0 Å². The molecule has 0 aliphatic heterocycles. The summed E-state index contributed by atoms with van der Waals surface area (Å²) >= 11 is 5.77. The van der Waals surface area contributed by atoms with Crippen molar-refractivity contribution in [2.24, 2.45) is 0 Å². The van der Waals surface area contributed by atoms with E-state index in [0.29, 0.717) is 4.74 Å². The zero-order chi connectivity index (χ0) is 14.2. The van der Waals surface area contributed by atoms with Crippen molar-refractivity contribution < 1.29 is 14.2 Å². The van der Waals surface area contributed by atoms with Crippen molar-refractivity contribution in [3.63, 3.8) is 0 Å². The fourth-order valence-electron chi connectivity index (χ4n) is 1.40. The van der Waals surface area contributed by atoms with Crippen molar-refractivity contribution in [3.05, 3.63) is 55.3 Å². The second-order valence-corrected chi connectivity index (χ2v) is 3.90. The predicted octanol–water partition coefficient (Wildman–Crippen LogP) is 1.27. The summed E-state index contributed by atoms with van der Waals surface area (Å²) in [6.45, 7) is 0. The Morgan fingerprint density at radius 3 is 2.63 bits per heavy atom. The molecule has 0 aliphatic carbocycles.